The van der Waals surface area contributed by atoms with E-state index in [2.05, 4.69) is 33.0 Å². The van der Waals surface area contributed by atoms with Crippen LogP contribution in [0.25, 0.3) is 0 Å². The van der Waals surface area contributed by atoms with Gasteiger partial charge in [0.15, 0.2) is 0 Å². The van der Waals surface area contributed by atoms with Crippen molar-refractivity contribution in [2.24, 2.45) is 11.3 Å². The van der Waals surface area contributed by atoms with E-state index in [9.17, 15) is 9.59 Å². The van der Waals surface area contributed by atoms with Gasteiger partial charge < -0.3 is 10.2 Å². The Labute approximate surface area is 139 Å². The first-order valence-electron chi connectivity index (χ1n) is 8.45. The molecule has 23 heavy (non-hydrogen) atoms. The maximum Gasteiger partial charge on any atom is 0.249 e. The highest BCUT2D eigenvalue weighted by atomic mass is 16.2. The van der Waals surface area contributed by atoms with Gasteiger partial charge in [-0.1, -0.05) is 45.9 Å². The zero-order valence-corrected chi connectivity index (χ0v) is 14.6. The predicted octanol–water partition coefficient (Wildman–Crippen LogP) is 3.37. The van der Waals surface area contributed by atoms with Crippen molar-refractivity contribution >= 4 is 17.5 Å². The minimum Gasteiger partial charge on any atom is -0.344 e. The van der Waals surface area contributed by atoms with E-state index in [4.69, 9.17) is 0 Å². The average Bonchev–Trinajstić information content (AvgIpc) is 2.49. The van der Waals surface area contributed by atoms with Gasteiger partial charge in [-0.2, -0.15) is 0 Å². The number of hydrogen-bond acceptors (Lipinski definition) is 2. The van der Waals surface area contributed by atoms with E-state index in [0.717, 1.165) is 18.5 Å². The van der Waals surface area contributed by atoms with Crippen LogP contribution in [0.5, 0.6) is 0 Å². The molecule has 1 heterocycles. The van der Waals surface area contributed by atoms with E-state index in [1.807, 2.05) is 30.3 Å². The number of carbonyl (C=O) groups is 2. The summed E-state index contributed by atoms with van der Waals surface area (Å²) in [5, 5.41) is 2.94. The molecule has 0 spiro atoms. The Bertz CT molecular complexity index is 548. The molecular formula is C19H28N2O2. The highest BCUT2D eigenvalue weighted by Gasteiger charge is 2.31. The molecule has 1 aromatic rings. The molecule has 1 N–H and O–H groups in total. The Balaban J connectivity index is 1.98. The van der Waals surface area contributed by atoms with Gasteiger partial charge in [-0.3, -0.25) is 9.59 Å². The van der Waals surface area contributed by atoms with E-state index >= 15 is 0 Å². The molecule has 1 aliphatic heterocycles. The second-order valence-electron chi connectivity index (χ2n) is 7.56. The van der Waals surface area contributed by atoms with Gasteiger partial charge in [0.2, 0.25) is 11.8 Å². The normalized spacial score (nSPS) is 20.3. The van der Waals surface area contributed by atoms with E-state index in [-0.39, 0.29) is 23.1 Å². The number of rotatable bonds is 4. The largest absolute Gasteiger partial charge is 0.344 e. The van der Waals surface area contributed by atoms with Crippen molar-refractivity contribution in [2.75, 3.05) is 11.4 Å². The van der Waals surface area contributed by atoms with Gasteiger partial charge >= 0.3 is 0 Å². The molecule has 126 valence electrons. The fraction of sp³-hybridized carbons (Fsp3) is 0.579. The number of amides is 2. The lowest BCUT2D eigenvalue weighted by Crippen LogP contribution is -2.52. The number of nitrogens with one attached hydrogen (secondary N) is 1. The summed E-state index contributed by atoms with van der Waals surface area (Å²) in [6.45, 7) is 9.20. The maximum absolute atomic E-state index is 12.7. The van der Waals surface area contributed by atoms with Gasteiger partial charge in [0.25, 0.3) is 0 Å². The van der Waals surface area contributed by atoms with Crippen LogP contribution in [0.4, 0.5) is 5.69 Å². The van der Waals surface area contributed by atoms with Crippen LogP contribution in [0.3, 0.4) is 0 Å². The van der Waals surface area contributed by atoms with Crippen molar-refractivity contribution in [1.82, 2.24) is 5.32 Å². The molecule has 1 saturated heterocycles. The first-order chi connectivity index (χ1) is 10.8. The van der Waals surface area contributed by atoms with Gasteiger partial charge in [0.1, 0.15) is 6.04 Å². The first kappa shape index (κ1) is 17.5. The zero-order valence-electron chi connectivity index (χ0n) is 14.6. The third-order valence-corrected chi connectivity index (χ3v) is 4.81. The molecule has 1 fully saturated rings. The first-order valence-corrected chi connectivity index (χ1v) is 8.45. The molecule has 1 aromatic carbocycles. The molecule has 2 amide bonds. The molecule has 2 rings (SSSR count). The van der Waals surface area contributed by atoms with E-state index in [1.54, 1.807) is 4.90 Å². The highest BCUT2D eigenvalue weighted by molar-refractivity contribution is 5.99. The summed E-state index contributed by atoms with van der Waals surface area (Å²) < 4.78 is 0. The van der Waals surface area contributed by atoms with Gasteiger partial charge in [-0.05, 0) is 36.3 Å². The molecule has 0 aromatic heterocycles. The second-order valence-corrected chi connectivity index (χ2v) is 7.56. The lowest BCUT2D eigenvalue weighted by Gasteiger charge is -2.33. The Morgan fingerprint density at radius 3 is 2.57 bits per heavy atom. The Morgan fingerprint density at radius 2 is 1.96 bits per heavy atom. The van der Waals surface area contributed by atoms with Crippen molar-refractivity contribution in [2.45, 2.75) is 53.0 Å². The van der Waals surface area contributed by atoms with Crippen LogP contribution in [0, 0.1) is 11.3 Å². The molecule has 4 nitrogen and oxygen atoms in total. The third kappa shape index (κ3) is 4.57. The van der Waals surface area contributed by atoms with E-state index in [1.165, 1.54) is 0 Å². The van der Waals surface area contributed by atoms with E-state index in [0.29, 0.717) is 13.0 Å². The van der Waals surface area contributed by atoms with Gasteiger partial charge in [-0.15, -0.1) is 0 Å². The molecular weight excluding hydrogens is 288 g/mol. The van der Waals surface area contributed by atoms with Crippen molar-refractivity contribution in [3.63, 3.8) is 0 Å². The fourth-order valence-electron chi connectivity index (χ4n) is 2.71. The molecule has 2 unspecified atom stereocenters. The monoisotopic (exact) mass is 316 g/mol. The standard InChI is InChI=1S/C19H28N2O2/c1-14(19(2,3)4)13-17(22)20-16-11-8-12-21(18(16)23)15-9-6-5-7-10-15/h5-7,9-10,14,16H,8,11-13H2,1-4H3,(H,20,22). The van der Waals surface area contributed by atoms with Crippen molar-refractivity contribution in [3.05, 3.63) is 30.3 Å². The zero-order chi connectivity index (χ0) is 17.0. The minimum absolute atomic E-state index is 0.000730. The summed E-state index contributed by atoms with van der Waals surface area (Å²) in [5.74, 6) is 0.242. The number of hydrogen-bond donors (Lipinski definition) is 1. The molecule has 0 aliphatic carbocycles. The summed E-state index contributed by atoms with van der Waals surface area (Å²) in [5.41, 5.74) is 0.990. The van der Waals surface area contributed by atoms with E-state index < -0.39 is 6.04 Å². The number of carbonyl (C=O) groups excluding carboxylic acids is 2. The quantitative estimate of drug-likeness (QED) is 0.926. The van der Waals surface area contributed by atoms with Crippen molar-refractivity contribution in [1.29, 1.82) is 0 Å². The number of benzene rings is 1. The van der Waals surface area contributed by atoms with Crippen LogP contribution in [0.1, 0.15) is 47.0 Å². The van der Waals surface area contributed by atoms with Crippen LogP contribution in [-0.4, -0.2) is 24.4 Å². The number of para-hydroxylation sites is 1. The molecule has 1 aliphatic rings. The molecule has 0 bridgehead atoms. The number of nitrogens with zero attached hydrogens (tertiary/aromatic N) is 1. The number of anilines is 1. The highest BCUT2D eigenvalue weighted by Crippen LogP contribution is 2.28. The lowest BCUT2D eigenvalue weighted by atomic mass is 9.80. The Morgan fingerprint density at radius 1 is 1.30 bits per heavy atom. The molecule has 0 saturated carbocycles. The minimum atomic E-state index is -0.399. The number of piperidine rings is 1. The van der Waals surface area contributed by atoms with Crippen LogP contribution in [0.15, 0.2) is 30.3 Å². The van der Waals surface area contributed by atoms with Crippen LogP contribution in [0.2, 0.25) is 0 Å². The summed E-state index contributed by atoms with van der Waals surface area (Å²) in [6.07, 6.45) is 2.08. The predicted molar refractivity (Wildman–Crippen MR) is 93.2 cm³/mol. The smallest absolute Gasteiger partial charge is 0.249 e. The third-order valence-electron chi connectivity index (χ3n) is 4.81. The maximum atomic E-state index is 12.7. The lowest BCUT2D eigenvalue weighted by molar-refractivity contribution is -0.129. The Kier molecular flexibility index (Phi) is 5.45. The summed E-state index contributed by atoms with van der Waals surface area (Å²) in [6, 6.07) is 9.26. The SMILES string of the molecule is CC(CC(=O)NC1CCCN(c2ccccc2)C1=O)C(C)(C)C. The molecule has 0 radical (unpaired) electrons. The van der Waals surface area contributed by atoms with Crippen LogP contribution in [-0.2, 0) is 9.59 Å². The second kappa shape index (κ2) is 7.16. The van der Waals surface area contributed by atoms with Crippen LogP contribution < -0.4 is 10.2 Å². The average molecular weight is 316 g/mol. The molecule has 4 heteroatoms. The van der Waals surface area contributed by atoms with Gasteiger partial charge in [-0.25, -0.2) is 0 Å². The summed E-state index contributed by atoms with van der Waals surface area (Å²) in [7, 11) is 0. The van der Waals surface area contributed by atoms with Crippen molar-refractivity contribution < 1.29 is 9.59 Å². The fourth-order valence-corrected chi connectivity index (χ4v) is 2.71. The Hall–Kier alpha value is -1.84. The van der Waals surface area contributed by atoms with Crippen molar-refractivity contribution in [3.8, 4) is 0 Å². The summed E-state index contributed by atoms with van der Waals surface area (Å²) in [4.78, 5) is 26.7. The van der Waals surface area contributed by atoms with Crippen LogP contribution >= 0.6 is 0 Å². The van der Waals surface area contributed by atoms with Gasteiger partial charge in [0.05, 0.1) is 0 Å². The summed E-state index contributed by atoms with van der Waals surface area (Å²) >= 11 is 0. The van der Waals surface area contributed by atoms with Gasteiger partial charge in [0, 0.05) is 18.7 Å². The molecule has 2 atom stereocenters. The topological polar surface area (TPSA) is 49.4 Å².